The summed E-state index contributed by atoms with van der Waals surface area (Å²) in [6.45, 7) is 2.63. The van der Waals surface area contributed by atoms with E-state index in [2.05, 4.69) is 17.0 Å². The number of ether oxygens (including phenoxy) is 3. The molecule has 3 heterocycles. The van der Waals surface area contributed by atoms with Gasteiger partial charge in [0.2, 0.25) is 5.79 Å². The first kappa shape index (κ1) is 19.8. The summed E-state index contributed by atoms with van der Waals surface area (Å²) in [7, 11) is 1.41. The van der Waals surface area contributed by atoms with Crippen molar-refractivity contribution in [2.24, 2.45) is 0 Å². The Morgan fingerprint density at radius 2 is 1.94 bits per heavy atom. The van der Waals surface area contributed by atoms with Crippen LogP contribution in [0.5, 0.6) is 5.75 Å². The van der Waals surface area contributed by atoms with Gasteiger partial charge in [-0.3, -0.25) is 4.90 Å². The number of fused-ring (bicyclic) bond motifs is 2. The number of esters is 1. The molecule has 3 aliphatic rings. The summed E-state index contributed by atoms with van der Waals surface area (Å²) in [5.41, 5.74) is 3.53. The first-order valence-electron chi connectivity index (χ1n) is 11.5. The van der Waals surface area contributed by atoms with Gasteiger partial charge in [-0.15, -0.1) is 0 Å². The van der Waals surface area contributed by atoms with E-state index in [-0.39, 0.29) is 5.97 Å². The second kappa shape index (κ2) is 7.64. The van der Waals surface area contributed by atoms with Crippen LogP contribution in [-0.4, -0.2) is 47.5 Å². The van der Waals surface area contributed by atoms with E-state index in [1.807, 2.05) is 41.1 Å². The predicted octanol–water partition coefficient (Wildman–Crippen LogP) is 4.67. The zero-order valence-electron chi connectivity index (χ0n) is 18.4. The minimum Gasteiger partial charge on any atom is -0.465 e. The highest BCUT2D eigenvalue weighted by Gasteiger charge is 2.42. The molecule has 1 saturated heterocycles. The third kappa shape index (κ3) is 3.21. The first-order chi connectivity index (χ1) is 15.7. The third-order valence-corrected chi connectivity index (χ3v) is 7.38. The first-order valence-corrected chi connectivity index (χ1v) is 11.5. The number of hydrogen-bond acceptors (Lipinski definition) is 5. The zero-order valence-corrected chi connectivity index (χ0v) is 18.4. The van der Waals surface area contributed by atoms with Crippen molar-refractivity contribution in [1.82, 2.24) is 9.47 Å². The molecule has 1 spiro atoms. The molecule has 0 radical (unpaired) electrons. The second-order valence-corrected chi connectivity index (χ2v) is 9.14. The maximum atomic E-state index is 12.3. The number of likely N-dealkylation sites (tertiary alicyclic amines) is 1. The summed E-state index contributed by atoms with van der Waals surface area (Å²) < 4.78 is 19.8. The van der Waals surface area contributed by atoms with Crippen LogP contribution >= 0.6 is 0 Å². The van der Waals surface area contributed by atoms with Gasteiger partial charge >= 0.3 is 5.97 Å². The Morgan fingerprint density at radius 3 is 2.69 bits per heavy atom. The standard InChI is InChI=1S/C26H28N2O4/c1-30-25(29)22-16-28(23-8-3-2-7-21(22)23)20-9-10-24-18(15-20)17-31-26(32-24)11-13-27(14-12-26)19-5-4-6-19/h2-3,7-10,15-16,19H,4-6,11-14,17H2,1H3. The van der Waals surface area contributed by atoms with Crippen molar-refractivity contribution in [1.29, 1.82) is 0 Å². The van der Waals surface area contributed by atoms with E-state index >= 15 is 0 Å². The molecule has 2 aromatic carbocycles. The molecular weight excluding hydrogens is 404 g/mol. The molecule has 166 valence electrons. The molecule has 32 heavy (non-hydrogen) atoms. The molecular formula is C26H28N2O4. The molecule has 0 amide bonds. The zero-order chi connectivity index (χ0) is 21.7. The maximum Gasteiger partial charge on any atom is 0.340 e. The summed E-state index contributed by atoms with van der Waals surface area (Å²) in [5, 5.41) is 0.877. The van der Waals surface area contributed by atoms with Gasteiger partial charge in [-0.25, -0.2) is 4.79 Å². The van der Waals surface area contributed by atoms with Crippen LogP contribution in [0.2, 0.25) is 0 Å². The van der Waals surface area contributed by atoms with Crippen LogP contribution < -0.4 is 4.74 Å². The molecule has 3 aromatic rings. The molecule has 2 aliphatic heterocycles. The SMILES string of the molecule is COC(=O)c1cn(-c2ccc3c(c2)COC2(CCN(C4CCC4)CC2)O3)c2ccccc12. The topological polar surface area (TPSA) is 52.9 Å². The average Bonchev–Trinajstić information content (AvgIpc) is 3.18. The Bertz CT molecular complexity index is 1170. The molecule has 0 bridgehead atoms. The van der Waals surface area contributed by atoms with Crippen LogP contribution in [0, 0.1) is 0 Å². The minimum atomic E-state index is -0.493. The largest absolute Gasteiger partial charge is 0.465 e. The van der Waals surface area contributed by atoms with Gasteiger partial charge in [-0.05, 0) is 37.1 Å². The van der Waals surface area contributed by atoms with Crippen molar-refractivity contribution in [2.75, 3.05) is 20.2 Å². The van der Waals surface area contributed by atoms with Gasteiger partial charge in [0.25, 0.3) is 0 Å². The number of carbonyl (C=O) groups is 1. The summed E-state index contributed by atoms with van der Waals surface area (Å²) in [5.74, 6) is 0.0778. The lowest BCUT2D eigenvalue weighted by Crippen LogP contribution is -2.54. The van der Waals surface area contributed by atoms with Crippen LogP contribution in [0.1, 0.15) is 48.0 Å². The maximum absolute atomic E-state index is 12.3. The Labute approximate surface area is 187 Å². The Balaban J connectivity index is 1.27. The van der Waals surface area contributed by atoms with Gasteiger partial charge in [0, 0.05) is 54.8 Å². The molecule has 0 atom stereocenters. The van der Waals surface area contributed by atoms with Crippen LogP contribution in [0.15, 0.2) is 48.7 Å². The number of aromatic nitrogens is 1. The molecule has 1 aromatic heterocycles. The van der Waals surface area contributed by atoms with Crippen LogP contribution in [0.4, 0.5) is 0 Å². The van der Waals surface area contributed by atoms with Gasteiger partial charge in [0.1, 0.15) is 5.75 Å². The van der Waals surface area contributed by atoms with E-state index in [0.29, 0.717) is 12.2 Å². The van der Waals surface area contributed by atoms with Gasteiger partial charge < -0.3 is 18.8 Å². The van der Waals surface area contributed by atoms with E-state index < -0.39 is 5.79 Å². The van der Waals surface area contributed by atoms with Crippen molar-refractivity contribution in [3.63, 3.8) is 0 Å². The number of carbonyl (C=O) groups excluding carboxylic acids is 1. The molecule has 6 heteroatoms. The second-order valence-electron chi connectivity index (χ2n) is 9.14. The predicted molar refractivity (Wildman–Crippen MR) is 121 cm³/mol. The summed E-state index contributed by atoms with van der Waals surface area (Å²) in [6.07, 6.45) is 7.72. The number of para-hydroxylation sites is 1. The number of methoxy groups -OCH3 is 1. The molecule has 1 saturated carbocycles. The van der Waals surface area contributed by atoms with Crippen LogP contribution in [-0.2, 0) is 16.1 Å². The minimum absolute atomic E-state index is 0.334. The van der Waals surface area contributed by atoms with Crippen molar-refractivity contribution >= 4 is 16.9 Å². The smallest absolute Gasteiger partial charge is 0.340 e. The number of benzene rings is 2. The van der Waals surface area contributed by atoms with Crippen molar-refractivity contribution in [3.8, 4) is 11.4 Å². The highest BCUT2D eigenvalue weighted by Crippen LogP contribution is 2.40. The van der Waals surface area contributed by atoms with Crippen molar-refractivity contribution in [3.05, 3.63) is 59.8 Å². The fraction of sp³-hybridized carbons (Fsp3) is 0.423. The summed E-state index contributed by atoms with van der Waals surface area (Å²) in [4.78, 5) is 14.9. The number of rotatable bonds is 3. The fourth-order valence-electron chi connectivity index (χ4n) is 5.26. The number of piperidine rings is 1. The van der Waals surface area contributed by atoms with Crippen molar-refractivity contribution in [2.45, 2.75) is 50.5 Å². The highest BCUT2D eigenvalue weighted by molar-refractivity contribution is 6.04. The van der Waals surface area contributed by atoms with E-state index in [0.717, 1.165) is 59.9 Å². The number of hydrogen-bond donors (Lipinski definition) is 0. The average molecular weight is 433 g/mol. The lowest BCUT2D eigenvalue weighted by molar-refractivity contribution is -0.231. The van der Waals surface area contributed by atoms with Gasteiger partial charge in [0.15, 0.2) is 0 Å². The monoisotopic (exact) mass is 432 g/mol. The Kier molecular flexibility index (Phi) is 4.73. The summed E-state index contributed by atoms with van der Waals surface area (Å²) in [6, 6.07) is 14.8. The molecule has 1 aliphatic carbocycles. The van der Waals surface area contributed by atoms with Gasteiger partial charge in [-0.2, -0.15) is 0 Å². The highest BCUT2D eigenvalue weighted by atomic mass is 16.7. The molecule has 2 fully saturated rings. The molecule has 6 rings (SSSR count). The van der Waals surface area contributed by atoms with E-state index in [1.54, 1.807) is 0 Å². The fourth-order valence-corrected chi connectivity index (χ4v) is 5.26. The van der Waals surface area contributed by atoms with Gasteiger partial charge in [0.05, 0.1) is 24.8 Å². The summed E-state index contributed by atoms with van der Waals surface area (Å²) >= 11 is 0. The van der Waals surface area contributed by atoms with E-state index in [1.165, 1.54) is 26.4 Å². The van der Waals surface area contributed by atoms with Crippen LogP contribution in [0.25, 0.3) is 16.6 Å². The quantitative estimate of drug-likeness (QED) is 0.563. The Morgan fingerprint density at radius 1 is 1.12 bits per heavy atom. The van der Waals surface area contributed by atoms with Crippen molar-refractivity contribution < 1.29 is 19.0 Å². The lowest BCUT2D eigenvalue weighted by Gasteiger charge is -2.47. The molecule has 0 unspecified atom stereocenters. The van der Waals surface area contributed by atoms with Crippen LogP contribution in [0.3, 0.4) is 0 Å². The molecule has 6 nitrogen and oxygen atoms in total. The van der Waals surface area contributed by atoms with E-state index in [4.69, 9.17) is 14.2 Å². The number of nitrogens with zero attached hydrogens (tertiary/aromatic N) is 2. The molecule has 0 N–H and O–H groups in total. The Hall–Kier alpha value is -2.83. The lowest BCUT2D eigenvalue weighted by atomic mass is 9.89. The normalized spacial score (nSPS) is 20.5. The van der Waals surface area contributed by atoms with Gasteiger partial charge in [-0.1, -0.05) is 24.6 Å². The third-order valence-electron chi connectivity index (χ3n) is 7.38. The van der Waals surface area contributed by atoms with E-state index in [9.17, 15) is 4.79 Å².